The summed E-state index contributed by atoms with van der Waals surface area (Å²) in [5.41, 5.74) is 16.1. The van der Waals surface area contributed by atoms with E-state index in [2.05, 4.69) is 163 Å². The lowest BCUT2D eigenvalue weighted by atomic mass is 9.82. The first-order chi connectivity index (χ1) is 32.5. The van der Waals surface area contributed by atoms with Crippen LogP contribution in [0, 0.1) is 74.1 Å². The van der Waals surface area contributed by atoms with Gasteiger partial charge < -0.3 is 0 Å². The third kappa shape index (κ3) is 6.58. The minimum Gasteiger partial charge on any atom is -0.115 e. The van der Waals surface area contributed by atoms with E-state index in [1.54, 1.807) is 0 Å². The van der Waals surface area contributed by atoms with Crippen LogP contribution in [0.25, 0.3) is 99.1 Å². The lowest BCUT2D eigenvalue weighted by Gasteiger charge is -2.21. The van der Waals surface area contributed by atoms with Gasteiger partial charge >= 0.3 is 0 Å². The smallest absolute Gasteiger partial charge is 0.0477 e. The van der Waals surface area contributed by atoms with E-state index in [1.165, 1.54) is 0 Å². The second kappa shape index (κ2) is 16.9. The van der Waals surface area contributed by atoms with Crippen LogP contribution in [0.3, 0.4) is 0 Å². The number of hydrogen-bond acceptors (Lipinski definition) is 0. The van der Waals surface area contributed by atoms with Gasteiger partial charge in [-0.1, -0.05) is 187 Å². The Balaban J connectivity index is 1.21. The Morgan fingerprint density at radius 2 is 0.652 bits per heavy atom. The van der Waals surface area contributed by atoms with Gasteiger partial charge in [0.2, 0.25) is 0 Å². The highest BCUT2D eigenvalue weighted by Gasteiger charge is 2.22. The molecule has 66 heavy (non-hydrogen) atoms. The fraction of sp³-hybridized carbons (Fsp3) is 0. The van der Waals surface area contributed by atoms with Gasteiger partial charge in [0.25, 0.3) is 0 Å². The largest absolute Gasteiger partial charge is 0.115 e. The van der Waals surface area contributed by atoms with Crippen LogP contribution < -0.4 is 0 Å². The van der Waals surface area contributed by atoms with Crippen molar-refractivity contribution in [3.63, 3.8) is 0 Å². The molecule has 10 rings (SSSR count). The SMILES string of the molecule is C#Cc1ccc(-c2c3ccccc3c(-c3ccc(-c4cccc(-c5c(-c6cccc(C#C)c6C#C)cccc5-c5cccc(C#C)c5C#C)c4)c4ccccc34)c3ccccc23)cc1C#C. The van der Waals surface area contributed by atoms with Crippen molar-refractivity contribution in [2.24, 2.45) is 0 Å². The quantitative estimate of drug-likeness (QED) is 0.116. The summed E-state index contributed by atoms with van der Waals surface area (Å²) in [5.74, 6) is 16.9. The van der Waals surface area contributed by atoms with Gasteiger partial charge in [-0.05, 0) is 129 Å². The van der Waals surface area contributed by atoms with Gasteiger partial charge in [-0.15, -0.1) is 38.5 Å². The van der Waals surface area contributed by atoms with Gasteiger partial charge in [0.05, 0.1) is 0 Å². The first-order valence-electron chi connectivity index (χ1n) is 21.4. The summed E-state index contributed by atoms with van der Waals surface area (Å²) in [4.78, 5) is 0. The first-order valence-corrected chi connectivity index (χ1v) is 21.4. The van der Waals surface area contributed by atoms with E-state index in [1.807, 2.05) is 54.6 Å². The van der Waals surface area contributed by atoms with Crippen molar-refractivity contribution >= 4 is 32.3 Å². The monoisotopic (exact) mass is 828 g/mol. The molecule has 0 aliphatic carbocycles. The van der Waals surface area contributed by atoms with E-state index in [4.69, 9.17) is 38.5 Å². The maximum Gasteiger partial charge on any atom is 0.0477 e. The molecule has 0 nitrogen and oxygen atoms in total. The molecule has 0 fully saturated rings. The summed E-state index contributed by atoms with van der Waals surface area (Å²) in [5, 5.41) is 6.78. The second-order valence-corrected chi connectivity index (χ2v) is 15.9. The fourth-order valence-corrected chi connectivity index (χ4v) is 9.70. The zero-order valence-corrected chi connectivity index (χ0v) is 35.8. The molecule has 0 unspecified atom stereocenters. The molecule has 10 aromatic rings. The van der Waals surface area contributed by atoms with Gasteiger partial charge in [-0.2, -0.15) is 0 Å². The molecular weight excluding hydrogens is 793 g/mol. The number of benzene rings is 10. The van der Waals surface area contributed by atoms with Gasteiger partial charge in [-0.25, -0.2) is 0 Å². The first kappa shape index (κ1) is 40.4. The van der Waals surface area contributed by atoms with E-state index in [0.717, 1.165) is 99.1 Å². The molecule has 0 bridgehead atoms. The van der Waals surface area contributed by atoms with Crippen molar-refractivity contribution in [2.75, 3.05) is 0 Å². The summed E-state index contributed by atoms with van der Waals surface area (Å²) >= 11 is 0. The minimum absolute atomic E-state index is 0.650. The molecule has 0 N–H and O–H groups in total. The molecule has 0 heterocycles. The predicted octanol–water partition coefficient (Wildman–Crippen LogP) is 15.0. The van der Waals surface area contributed by atoms with Crippen LogP contribution in [0.5, 0.6) is 0 Å². The van der Waals surface area contributed by atoms with Gasteiger partial charge in [0.15, 0.2) is 0 Å². The molecular formula is C66H36. The van der Waals surface area contributed by atoms with E-state index >= 15 is 0 Å². The van der Waals surface area contributed by atoms with E-state index in [-0.39, 0.29) is 0 Å². The van der Waals surface area contributed by atoms with Gasteiger partial charge in [-0.3, -0.25) is 0 Å². The summed E-state index contributed by atoms with van der Waals surface area (Å²) < 4.78 is 0. The molecule has 0 saturated carbocycles. The molecule has 300 valence electrons. The molecule has 0 aromatic heterocycles. The Bertz CT molecular complexity index is 3790. The molecule has 10 aromatic carbocycles. The highest BCUT2D eigenvalue weighted by atomic mass is 14.2. The third-order valence-electron chi connectivity index (χ3n) is 12.6. The van der Waals surface area contributed by atoms with Crippen molar-refractivity contribution in [3.05, 3.63) is 215 Å². The normalized spacial score (nSPS) is 10.6. The van der Waals surface area contributed by atoms with Crippen molar-refractivity contribution < 1.29 is 0 Å². The summed E-state index contributed by atoms with van der Waals surface area (Å²) in [7, 11) is 0. The Hall–Kier alpha value is -9.66. The highest BCUT2D eigenvalue weighted by Crippen LogP contribution is 2.48. The van der Waals surface area contributed by atoms with Gasteiger partial charge in [0, 0.05) is 33.4 Å². The fourth-order valence-electron chi connectivity index (χ4n) is 9.70. The Morgan fingerprint density at radius 1 is 0.227 bits per heavy atom. The maximum atomic E-state index is 6.20. The highest BCUT2D eigenvalue weighted by molar-refractivity contribution is 6.24. The second-order valence-electron chi connectivity index (χ2n) is 15.9. The number of rotatable bonds is 6. The van der Waals surface area contributed by atoms with Crippen molar-refractivity contribution in [2.45, 2.75) is 0 Å². The summed E-state index contributed by atoms with van der Waals surface area (Å²) in [6.07, 6.45) is 36.2. The van der Waals surface area contributed by atoms with Crippen LogP contribution in [0.1, 0.15) is 33.4 Å². The topological polar surface area (TPSA) is 0 Å². The molecule has 0 radical (unpaired) electrons. The zero-order valence-electron chi connectivity index (χ0n) is 35.8. The number of terminal acetylenes is 6. The lowest BCUT2D eigenvalue weighted by Crippen LogP contribution is -1.97. The van der Waals surface area contributed by atoms with Crippen LogP contribution in [-0.4, -0.2) is 0 Å². The van der Waals surface area contributed by atoms with Crippen LogP contribution in [0.2, 0.25) is 0 Å². The predicted molar refractivity (Wildman–Crippen MR) is 279 cm³/mol. The van der Waals surface area contributed by atoms with Crippen LogP contribution in [0.4, 0.5) is 0 Å². The molecule has 0 aliphatic rings. The standard InChI is InChI=1S/C66H36/c1-7-43-37-38-49(41-46(43)10-4)65-59-29-15-17-31-61(59)66(62-32-18-16-30-60(62)65)63-40-39-52(55-27-13-14-28-56(55)63)47-25-19-26-48(42-47)64-57(53-33-20-23-44(8-2)50(53)11-5)35-22-36-58(64)54-34-21-24-45(9-3)51(54)12-6/h1-6,13-42H. The van der Waals surface area contributed by atoms with E-state index in [9.17, 15) is 0 Å². The number of hydrogen-bond donors (Lipinski definition) is 0. The number of fused-ring (bicyclic) bond motifs is 3. The van der Waals surface area contributed by atoms with Crippen molar-refractivity contribution in [3.8, 4) is 141 Å². The van der Waals surface area contributed by atoms with Crippen molar-refractivity contribution in [1.82, 2.24) is 0 Å². The molecule has 0 spiro atoms. The molecule has 0 amide bonds. The third-order valence-corrected chi connectivity index (χ3v) is 12.6. The summed E-state index contributed by atoms with van der Waals surface area (Å²) in [6, 6.07) is 63.0. The average Bonchev–Trinajstić information content (AvgIpc) is 3.38. The van der Waals surface area contributed by atoms with E-state index in [0.29, 0.717) is 33.4 Å². The molecule has 0 saturated heterocycles. The maximum absolute atomic E-state index is 6.20. The zero-order chi connectivity index (χ0) is 45.3. The van der Waals surface area contributed by atoms with Crippen LogP contribution in [0.15, 0.2) is 182 Å². The van der Waals surface area contributed by atoms with E-state index < -0.39 is 0 Å². The molecule has 0 heteroatoms. The molecule has 0 aliphatic heterocycles. The average molecular weight is 829 g/mol. The minimum atomic E-state index is 0.650. The van der Waals surface area contributed by atoms with Crippen LogP contribution >= 0.6 is 0 Å². The van der Waals surface area contributed by atoms with Gasteiger partial charge in [0.1, 0.15) is 0 Å². The Kier molecular flexibility index (Phi) is 10.3. The van der Waals surface area contributed by atoms with Crippen LogP contribution in [-0.2, 0) is 0 Å². The lowest BCUT2D eigenvalue weighted by molar-refractivity contribution is 1.51. The van der Waals surface area contributed by atoms with Crippen molar-refractivity contribution in [1.29, 1.82) is 0 Å². The molecule has 0 atom stereocenters. The Morgan fingerprint density at radius 3 is 1.18 bits per heavy atom. The summed E-state index contributed by atoms with van der Waals surface area (Å²) in [6.45, 7) is 0. The Labute approximate surface area is 386 Å².